The number of H-pyrrole nitrogens is 1. The molecule has 2 fully saturated rings. The molecule has 1 saturated carbocycles. The summed E-state index contributed by atoms with van der Waals surface area (Å²) in [6.45, 7) is 2.38. The Kier molecular flexibility index (Phi) is 2.73. The van der Waals surface area contributed by atoms with E-state index in [9.17, 15) is 4.79 Å². The monoisotopic (exact) mass is 287 g/mol. The summed E-state index contributed by atoms with van der Waals surface area (Å²) in [5.41, 5.74) is 2.18. The molecule has 4 rings (SSSR count). The Morgan fingerprint density at radius 3 is 2.67 bits per heavy atom. The minimum absolute atomic E-state index is 0.518. The van der Waals surface area contributed by atoms with Crippen LogP contribution >= 0.6 is 0 Å². The normalized spacial score (nSPS) is 19.2. The van der Waals surface area contributed by atoms with E-state index in [1.165, 1.54) is 23.3 Å². The molecule has 7 heteroatoms. The summed E-state index contributed by atoms with van der Waals surface area (Å²) in [4.78, 5) is 26.6. The van der Waals surface area contributed by atoms with E-state index in [1.807, 2.05) is 6.20 Å². The van der Waals surface area contributed by atoms with Gasteiger partial charge in [-0.25, -0.2) is 14.8 Å². The zero-order valence-electron chi connectivity index (χ0n) is 11.6. The third-order valence-corrected chi connectivity index (χ3v) is 4.35. The number of nitrogens with zero attached hydrogens (tertiary/aromatic N) is 4. The van der Waals surface area contributed by atoms with Crippen molar-refractivity contribution in [2.75, 3.05) is 31.1 Å². The zero-order valence-corrected chi connectivity index (χ0v) is 11.6. The van der Waals surface area contributed by atoms with E-state index in [1.54, 1.807) is 6.33 Å². The second-order valence-electron chi connectivity index (χ2n) is 5.70. The number of amides is 1. The third-order valence-electron chi connectivity index (χ3n) is 4.35. The van der Waals surface area contributed by atoms with Crippen molar-refractivity contribution in [2.24, 2.45) is 0 Å². The van der Waals surface area contributed by atoms with Crippen LogP contribution in [0.5, 0.6) is 0 Å². The zero-order chi connectivity index (χ0) is 14.4. The molecule has 21 heavy (non-hydrogen) atoms. The summed E-state index contributed by atoms with van der Waals surface area (Å²) in [6, 6.07) is 0. The van der Waals surface area contributed by atoms with Crippen molar-refractivity contribution in [3.63, 3.8) is 0 Å². The highest BCUT2D eigenvalue weighted by molar-refractivity contribution is 5.91. The van der Waals surface area contributed by atoms with Crippen molar-refractivity contribution < 1.29 is 9.90 Å². The van der Waals surface area contributed by atoms with Gasteiger partial charge in [0, 0.05) is 32.4 Å². The largest absolute Gasteiger partial charge is 0.465 e. The molecule has 2 aromatic heterocycles. The molecule has 3 heterocycles. The first-order chi connectivity index (χ1) is 10.2. The van der Waals surface area contributed by atoms with Crippen molar-refractivity contribution in [1.29, 1.82) is 0 Å². The number of hydrogen-bond donors (Lipinski definition) is 2. The quantitative estimate of drug-likeness (QED) is 0.877. The van der Waals surface area contributed by atoms with Crippen molar-refractivity contribution in [3.8, 4) is 0 Å². The van der Waals surface area contributed by atoms with Crippen LogP contribution in [0.15, 0.2) is 12.5 Å². The van der Waals surface area contributed by atoms with E-state index < -0.39 is 6.09 Å². The summed E-state index contributed by atoms with van der Waals surface area (Å²) in [5, 5.41) is 10.2. The van der Waals surface area contributed by atoms with Crippen LogP contribution in [0.4, 0.5) is 10.6 Å². The van der Waals surface area contributed by atoms with Crippen LogP contribution in [0.3, 0.4) is 0 Å². The van der Waals surface area contributed by atoms with Crippen LogP contribution in [0, 0.1) is 0 Å². The maximum absolute atomic E-state index is 11.0. The third kappa shape index (κ3) is 2.09. The molecule has 7 nitrogen and oxygen atoms in total. The lowest BCUT2D eigenvalue weighted by Gasteiger charge is -2.34. The van der Waals surface area contributed by atoms with Gasteiger partial charge >= 0.3 is 6.09 Å². The highest BCUT2D eigenvalue weighted by atomic mass is 16.4. The minimum Gasteiger partial charge on any atom is -0.465 e. The van der Waals surface area contributed by atoms with Gasteiger partial charge in [-0.05, 0) is 24.3 Å². The van der Waals surface area contributed by atoms with Gasteiger partial charge < -0.3 is 19.9 Å². The Hall–Kier alpha value is -2.31. The number of nitrogens with one attached hydrogen (secondary N) is 1. The smallest absolute Gasteiger partial charge is 0.407 e. The lowest BCUT2D eigenvalue weighted by atomic mass is 10.1. The van der Waals surface area contributed by atoms with Gasteiger partial charge in [0.05, 0.1) is 5.39 Å². The Labute approximate surface area is 121 Å². The van der Waals surface area contributed by atoms with E-state index in [-0.39, 0.29) is 0 Å². The summed E-state index contributed by atoms with van der Waals surface area (Å²) in [5.74, 6) is 1.57. The van der Waals surface area contributed by atoms with E-state index in [2.05, 4.69) is 19.9 Å². The van der Waals surface area contributed by atoms with Crippen LogP contribution in [-0.4, -0.2) is 57.2 Å². The van der Waals surface area contributed by atoms with Crippen LogP contribution in [0.1, 0.15) is 24.3 Å². The Morgan fingerprint density at radius 1 is 1.24 bits per heavy atom. The molecule has 2 N–H and O–H groups in total. The molecule has 1 aliphatic heterocycles. The molecule has 0 aromatic carbocycles. The highest BCUT2D eigenvalue weighted by Crippen LogP contribution is 2.44. The number of hydrogen-bond acceptors (Lipinski definition) is 4. The molecule has 0 atom stereocenters. The standard InChI is InChI=1S/C14H17N5O2/c20-14(21)19-5-3-18(4-6-19)13-11-10(9-1-2-9)7-15-12(11)16-8-17-13/h7-9H,1-6H2,(H,20,21)(H,15,16,17). The van der Waals surface area contributed by atoms with Gasteiger partial charge in [0.15, 0.2) is 0 Å². The predicted molar refractivity (Wildman–Crippen MR) is 77.7 cm³/mol. The number of aromatic amines is 1. The maximum Gasteiger partial charge on any atom is 0.407 e. The molecule has 2 aliphatic rings. The molecule has 1 amide bonds. The molecule has 1 aliphatic carbocycles. The predicted octanol–water partition coefficient (Wildman–Crippen LogP) is 1.64. The van der Waals surface area contributed by atoms with Crippen molar-refractivity contribution >= 4 is 22.9 Å². The lowest BCUT2D eigenvalue weighted by Crippen LogP contribution is -2.48. The van der Waals surface area contributed by atoms with E-state index in [4.69, 9.17) is 5.11 Å². The molecule has 1 saturated heterocycles. The minimum atomic E-state index is -0.845. The van der Waals surface area contributed by atoms with Gasteiger partial charge in [0.1, 0.15) is 17.8 Å². The van der Waals surface area contributed by atoms with E-state index in [0.717, 1.165) is 16.9 Å². The second-order valence-corrected chi connectivity index (χ2v) is 5.70. The average Bonchev–Trinajstić information content (AvgIpc) is 3.26. The average molecular weight is 287 g/mol. The number of rotatable bonds is 2. The van der Waals surface area contributed by atoms with Crippen LogP contribution in [0.25, 0.3) is 11.0 Å². The second kappa shape index (κ2) is 4.61. The fraction of sp³-hybridized carbons (Fsp3) is 0.500. The van der Waals surface area contributed by atoms with Crippen molar-refractivity contribution in [3.05, 3.63) is 18.1 Å². The maximum atomic E-state index is 11.0. The highest BCUT2D eigenvalue weighted by Gasteiger charge is 2.30. The number of anilines is 1. The fourth-order valence-corrected chi connectivity index (χ4v) is 3.04. The summed E-state index contributed by atoms with van der Waals surface area (Å²) < 4.78 is 0. The van der Waals surface area contributed by atoms with Crippen molar-refractivity contribution in [1.82, 2.24) is 19.9 Å². The molecule has 0 unspecified atom stereocenters. The van der Waals surface area contributed by atoms with Gasteiger partial charge in [-0.1, -0.05) is 0 Å². The molecular weight excluding hydrogens is 270 g/mol. The number of carboxylic acid groups (broad SMARTS) is 1. The number of fused-ring (bicyclic) bond motifs is 1. The Balaban J connectivity index is 1.67. The Morgan fingerprint density at radius 2 is 2.00 bits per heavy atom. The van der Waals surface area contributed by atoms with Gasteiger partial charge in [-0.2, -0.15) is 0 Å². The molecule has 0 radical (unpaired) electrons. The first-order valence-corrected chi connectivity index (χ1v) is 7.29. The fourth-order valence-electron chi connectivity index (χ4n) is 3.04. The van der Waals surface area contributed by atoms with Crippen LogP contribution in [-0.2, 0) is 0 Å². The van der Waals surface area contributed by atoms with Crippen molar-refractivity contribution in [2.45, 2.75) is 18.8 Å². The summed E-state index contributed by atoms with van der Waals surface area (Å²) >= 11 is 0. The van der Waals surface area contributed by atoms with Crippen LogP contribution < -0.4 is 4.90 Å². The molecule has 0 bridgehead atoms. The SMILES string of the molecule is O=C(O)N1CCN(c2ncnc3[nH]cc(C4CC4)c23)CC1. The lowest BCUT2D eigenvalue weighted by molar-refractivity contribution is 0.142. The topological polar surface area (TPSA) is 85.3 Å². The first-order valence-electron chi connectivity index (χ1n) is 7.29. The number of aromatic nitrogens is 3. The molecule has 2 aromatic rings. The molecule has 0 spiro atoms. The summed E-state index contributed by atoms with van der Waals surface area (Å²) in [7, 11) is 0. The molecular formula is C14H17N5O2. The first kappa shape index (κ1) is 12.4. The van der Waals surface area contributed by atoms with Gasteiger partial charge in [-0.3, -0.25) is 0 Å². The number of piperazine rings is 1. The van der Waals surface area contributed by atoms with Gasteiger partial charge in [-0.15, -0.1) is 0 Å². The van der Waals surface area contributed by atoms with Crippen LogP contribution in [0.2, 0.25) is 0 Å². The number of carbonyl (C=O) groups is 1. The van der Waals surface area contributed by atoms with Gasteiger partial charge in [0.2, 0.25) is 0 Å². The van der Waals surface area contributed by atoms with E-state index in [0.29, 0.717) is 32.1 Å². The molecule has 110 valence electrons. The summed E-state index contributed by atoms with van der Waals surface area (Å²) in [6.07, 6.45) is 5.24. The Bertz CT molecular complexity index is 686. The van der Waals surface area contributed by atoms with Gasteiger partial charge in [0.25, 0.3) is 0 Å². The van der Waals surface area contributed by atoms with E-state index >= 15 is 0 Å².